The molecule has 1 amide bonds. The molecular formula is C29H29N9O2. The Labute approximate surface area is 231 Å². The molecule has 0 bridgehead atoms. The molecule has 0 aliphatic carbocycles. The Morgan fingerprint density at radius 1 is 1.10 bits per heavy atom. The molecule has 3 aromatic heterocycles. The predicted octanol–water partition coefficient (Wildman–Crippen LogP) is 4.37. The number of nitrogens with zero attached hydrogens (tertiary/aromatic N) is 8. The summed E-state index contributed by atoms with van der Waals surface area (Å²) in [7, 11) is 1.86. The van der Waals surface area contributed by atoms with E-state index in [0.29, 0.717) is 36.7 Å². The van der Waals surface area contributed by atoms with Crippen molar-refractivity contribution < 1.29 is 9.53 Å². The molecule has 5 aromatic rings. The van der Waals surface area contributed by atoms with Crippen LogP contribution in [-0.4, -0.2) is 66.4 Å². The van der Waals surface area contributed by atoms with Gasteiger partial charge in [0.15, 0.2) is 5.82 Å². The molecule has 6 rings (SSSR count). The van der Waals surface area contributed by atoms with Crippen molar-refractivity contribution in [3.05, 3.63) is 73.1 Å². The maximum atomic E-state index is 12.1. The normalized spacial score (nSPS) is 15.4. The molecule has 202 valence electrons. The molecule has 0 radical (unpaired) electrons. The predicted molar refractivity (Wildman–Crippen MR) is 154 cm³/mol. The van der Waals surface area contributed by atoms with Gasteiger partial charge >= 0.3 is 0 Å². The average Bonchev–Trinajstić information content (AvgIpc) is 3.33. The number of aryl methyl sites for hydroxylation is 2. The number of benzene rings is 2. The van der Waals surface area contributed by atoms with Crippen molar-refractivity contribution >= 4 is 45.3 Å². The lowest BCUT2D eigenvalue weighted by atomic mass is 10.1. The Morgan fingerprint density at radius 3 is 2.77 bits per heavy atom. The van der Waals surface area contributed by atoms with Crippen LogP contribution in [0, 0.1) is 6.92 Å². The molecule has 1 saturated heterocycles. The number of hydrogen-bond acceptors (Lipinski definition) is 9. The number of carbonyl (C=O) groups excluding carboxylic acids is 1. The molecule has 0 saturated carbocycles. The van der Waals surface area contributed by atoms with Gasteiger partial charge in [0.2, 0.25) is 5.91 Å². The van der Waals surface area contributed by atoms with Crippen molar-refractivity contribution in [3.63, 3.8) is 0 Å². The van der Waals surface area contributed by atoms with Crippen molar-refractivity contribution in [2.45, 2.75) is 19.9 Å². The number of piperazine rings is 1. The van der Waals surface area contributed by atoms with E-state index in [0.717, 1.165) is 39.4 Å². The van der Waals surface area contributed by atoms with Crippen LogP contribution in [0.1, 0.15) is 12.5 Å². The molecule has 1 aliphatic heterocycles. The number of anilines is 3. The van der Waals surface area contributed by atoms with Gasteiger partial charge in [-0.2, -0.15) is 0 Å². The SMILES string of the molecule is C=CC(=O)N1CCN(c2ccc3ncnc(Nc4ccc(Oc5ccc6c(c5)nnn6C)c(C)c4)c3n2)[C@@H](C)C1. The van der Waals surface area contributed by atoms with Gasteiger partial charge < -0.3 is 19.9 Å². The Hall–Kier alpha value is -5.06. The van der Waals surface area contributed by atoms with Crippen LogP contribution in [0.5, 0.6) is 11.5 Å². The number of amides is 1. The van der Waals surface area contributed by atoms with Crippen LogP contribution >= 0.6 is 0 Å². The Morgan fingerprint density at radius 2 is 1.98 bits per heavy atom. The third kappa shape index (κ3) is 4.77. The molecule has 2 aromatic carbocycles. The Balaban J connectivity index is 1.22. The van der Waals surface area contributed by atoms with Gasteiger partial charge in [0, 0.05) is 44.5 Å². The van der Waals surface area contributed by atoms with E-state index in [-0.39, 0.29) is 11.9 Å². The fraction of sp³-hybridized carbons (Fsp3) is 0.241. The first-order chi connectivity index (χ1) is 19.4. The van der Waals surface area contributed by atoms with E-state index >= 15 is 0 Å². The summed E-state index contributed by atoms with van der Waals surface area (Å²) >= 11 is 0. The summed E-state index contributed by atoms with van der Waals surface area (Å²) in [5.41, 5.74) is 4.94. The number of pyridine rings is 1. The van der Waals surface area contributed by atoms with E-state index in [2.05, 4.69) is 44.0 Å². The first-order valence-electron chi connectivity index (χ1n) is 13.0. The molecular weight excluding hydrogens is 506 g/mol. The number of nitrogens with one attached hydrogen (secondary N) is 1. The van der Waals surface area contributed by atoms with E-state index in [1.54, 1.807) is 4.68 Å². The quantitative estimate of drug-likeness (QED) is 0.317. The highest BCUT2D eigenvalue weighted by Gasteiger charge is 2.27. The van der Waals surface area contributed by atoms with Gasteiger partial charge in [-0.15, -0.1) is 5.10 Å². The number of carbonyl (C=O) groups is 1. The fourth-order valence-electron chi connectivity index (χ4n) is 5.00. The van der Waals surface area contributed by atoms with Crippen molar-refractivity contribution in [2.75, 3.05) is 29.9 Å². The smallest absolute Gasteiger partial charge is 0.246 e. The highest BCUT2D eigenvalue weighted by molar-refractivity contribution is 5.89. The second-order valence-electron chi connectivity index (χ2n) is 9.86. The third-order valence-corrected chi connectivity index (χ3v) is 7.12. The van der Waals surface area contributed by atoms with Gasteiger partial charge in [0.1, 0.15) is 34.7 Å². The number of fused-ring (bicyclic) bond motifs is 2. The van der Waals surface area contributed by atoms with Crippen LogP contribution in [0.4, 0.5) is 17.3 Å². The molecule has 1 N–H and O–H groups in total. The Bertz CT molecular complexity index is 1750. The summed E-state index contributed by atoms with van der Waals surface area (Å²) in [5, 5.41) is 11.6. The van der Waals surface area contributed by atoms with Gasteiger partial charge in [-0.25, -0.2) is 19.6 Å². The topological polar surface area (TPSA) is 114 Å². The largest absolute Gasteiger partial charge is 0.457 e. The number of hydrogen-bond donors (Lipinski definition) is 1. The van der Waals surface area contributed by atoms with Gasteiger partial charge in [0.05, 0.1) is 11.0 Å². The van der Waals surface area contributed by atoms with Gasteiger partial charge in [-0.3, -0.25) is 4.79 Å². The van der Waals surface area contributed by atoms with E-state index in [1.807, 2.05) is 67.4 Å². The summed E-state index contributed by atoms with van der Waals surface area (Å²) in [4.78, 5) is 29.9. The van der Waals surface area contributed by atoms with Crippen molar-refractivity contribution in [1.82, 2.24) is 34.8 Å². The van der Waals surface area contributed by atoms with Crippen LogP contribution in [0.25, 0.3) is 22.1 Å². The molecule has 11 nitrogen and oxygen atoms in total. The van der Waals surface area contributed by atoms with Crippen molar-refractivity contribution in [3.8, 4) is 11.5 Å². The van der Waals surface area contributed by atoms with Crippen molar-refractivity contribution in [2.24, 2.45) is 7.05 Å². The van der Waals surface area contributed by atoms with Crippen molar-refractivity contribution in [1.29, 1.82) is 0 Å². The lowest BCUT2D eigenvalue weighted by Gasteiger charge is -2.40. The summed E-state index contributed by atoms with van der Waals surface area (Å²) in [6.07, 6.45) is 2.90. The van der Waals surface area contributed by atoms with Crippen LogP contribution in [0.3, 0.4) is 0 Å². The maximum absolute atomic E-state index is 12.1. The number of ether oxygens (including phenoxy) is 1. The molecule has 1 fully saturated rings. The minimum atomic E-state index is -0.0452. The second kappa shape index (κ2) is 10.3. The molecule has 1 atom stereocenters. The lowest BCUT2D eigenvalue weighted by Crippen LogP contribution is -2.53. The zero-order chi connectivity index (χ0) is 27.8. The van der Waals surface area contributed by atoms with E-state index in [1.165, 1.54) is 12.4 Å². The average molecular weight is 536 g/mol. The number of aromatic nitrogens is 6. The molecule has 11 heteroatoms. The van der Waals surface area contributed by atoms with Crippen LogP contribution in [0.15, 0.2) is 67.5 Å². The lowest BCUT2D eigenvalue weighted by molar-refractivity contribution is -0.126. The first-order valence-corrected chi connectivity index (χ1v) is 13.0. The molecule has 0 unspecified atom stereocenters. The zero-order valence-electron chi connectivity index (χ0n) is 22.6. The highest BCUT2D eigenvalue weighted by Crippen LogP contribution is 2.31. The first kappa shape index (κ1) is 25.2. The maximum Gasteiger partial charge on any atom is 0.246 e. The standard InChI is InChI=1S/C29H29N9O2/c1-5-27(39)37-12-13-38(19(3)16-37)26-11-8-22-28(33-26)29(31-17-30-22)32-20-6-10-25(18(2)14-20)40-21-7-9-24-23(15-21)34-35-36(24)4/h5-11,14-15,17,19H,1,12-13,16H2,2-4H3,(H,30,31,32)/t19-/m0/s1. The summed E-state index contributed by atoms with van der Waals surface area (Å²) in [6.45, 7) is 9.60. The van der Waals surface area contributed by atoms with Gasteiger partial charge in [-0.05, 0) is 68.0 Å². The number of rotatable bonds is 6. The minimum Gasteiger partial charge on any atom is -0.457 e. The third-order valence-electron chi connectivity index (χ3n) is 7.12. The second-order valence-corrected chi connectivity index (χ2v) is 9.86. The molecule has 40 heavy (non-hydrogen) atoms. The highest BCUT2D eigenvalue weighted by atomic mass is 16.5. The van der Waals surface area contributed by atoms with Gasteiger partial charge in [0.25, 0.3) is 0 Å². The van der Waals surface area contributed by atoms with Crippen LogP contribution in [-0.2, 0) is 11.8 Å². The minimum absolute atomic E-state index is 0.0452. The van der Waals surface area contributed by atoms with Crippen LogP contribution < -0.4 is 15.0 Å². The molecule has 4 heterocycles. The molecule has 0 spiro atoms. The van der Waals surface area contributed by atoms with E-state index in [4.69, 9.17) is 9.72 Å². The van der Waals surface area contributed by atoms with E-state index < -0.39 is 0 Å². The molecule has 1 aliphatic rings. The van der Waals surface area contributed by atoms with Gasteiger partial charge in [-0.1, -0.05) is 11.8 Å². The Kier molecular flexibility index (Phi) is 6.47. The zero-order valence-corrected chi connectivity index (χ0v) is 22.6. The fourth-order valence-corrected chi connectivity index (χ4v) is 5.00. The summed E-state index contributed by atoms with van der Waals surface area (Å²) in [5.74, 6) is 2.82. The van der Waals surface area contributed by atoms with Crippen LogP contribution in [0.2, 0.25) is 0 Å². The summed E-state index contributed by atoms with van der Waals surface area (Å²) in [6, 6.07) is 15.6. The van der Waals surface area contributed by atoms with E-state index in [9.17, 15) is 4.79 Å². The summed E-state index contributed by atoms with van der Waals surface area (Å²) < 4.78 is 7.87. The monoisotopic (exact) mass is 535 g/mol.